The molecule has 0 atom stereocenters. The number of esters is 1. The topological polar surface area (TPSA) is 101 Å². The Kier molecular flexibility index (Phi) is 7.69. The number of hydrogen-bond donors (Lipinski definition) is 2. The second-order valence-corrected chi connectivity index (χ2v) is 9.10. The van der Waals surface area contributed by atoms with Crippen molar-refractivity contribution in [3.8, 4) is 0 Å². The first-order chi connectivity index (χ1) is 14.4. The number of ether oxygens (including phenoxy) is 1. The molecule has 2 N–H and O–H groups in total. The van der Waals surface area contributed by atoms with Crippen molar-refractivity contribution in [3.05, 3.63) is 30.5 Å². The summed E-state index contributed by atoms with van der Waals surface area (Å²) in [7, 11) is 0. The summed E-state index contributed by atoms with van der Waals surface area (Å²) in [6, 6.07) is 6.94. The molecule has 30 heavy (non-hydrogen) atoms. The van der Waals surface area contributed by atoms with Crippen LogP contribution in [-0.2, 0) is 14.3 Å². The van der Waals surface area contributed by atoms with Gasteiger partial charge in [0.15, 0.2) is 5.13 Å². The molecule has 1 aromatic carbocycles. The van der Waals surface area contributed by atoms with E-state index in [9.17, 15) is 14.4 Å². The number of hydrogen-bond acceptors (Lipinski definition) is 7. The van der Waals surface area contributed by atoms with Crippen LogP contribution in [0.3, 0.4) is 0 Å². The SMILES string of the molecule is CCOC(=O)CSc1cnc(NC(=O)N(CC2CC2)c2cccc(NC(C)=O)c2)s1. The highest BCUT2D eigenvalue weighted by atomic mass is 32.2. The van der Waals surface area contributed by atoms with Gasteiger partial charge in [0.25, 0.3) is 0 Å². The Labute approximate surface area is 183 Å². The van der Waals surface area contributed by atoms with Gasteiger partial charge >= 0.3 is 12.0 Å². The standard InChI is InChI=1S/C20H24N4O4S2/c1-3-28-17(26)12-29-18-10-21-19(30-18)23-20(27)24(11-14-7-8-14)16-6-4-5-15(9-16)22-13(2)25/h4-6,9-10,14H,3,7-8,11-12H2,1-2H3,(H,22,25)(H,21,23,27). The van der Waals surface area contributed by atoms with Crippen molar-refractivity contribution < 1.29 is 19.1 Å². The molecule has 1 heterocycles. The van der Waals surface area contributed by atoms with E-state index in [1.165, 1.54) is 30.0 Å². The highest BCUT2D eigenvalue weighted by molar-refractivity contribution is 8.01. The number of anilines is 3. The van der Waals surface area contributed by atoms with Crippen molar-refractivity contribution in [2.24, 2.45) is 5.92 Å². The fraction of sp³-hybridized carbons (Fsp3) is 0.400. The largest absolute Gasteiger partial charge is 0.465 e. The molecule has 8 nitrogen and oxygen atoms in total. The molecule has 0 saturated heterocycles. The summed E-state index contributed by atoms with van der Waals surface area (Å²) in [6.07, 6.45) is 3.83. The number of rotatable bonds is 9. The molecule has 1 aliphatic carbocycles. The summed E-state index contributed by atoms with van der Waals surface area (Å²) in [4.78, 5) is 41.7. The molecular formula is C20H24N4O4S2. The van der Waals surface area contributed by atoms with Gasteiger partial charge in [0.2, 0.25) is 5.91 Å². The Hall–Kier alpha value is -2.59. The van der Waals surface area contributed by atoms with Crippen LogP contribution in [0.1, 0.15) is 26.7 Å². The number of nitrogens with zero attached hydrogens (tertiary/aromatic N) is 2. The van der Waals surface area contributed by atoms with Crippen LogP contribution in [0.25, 0.3) is 0 Å². The minimum absolute atomic E-state index is 0.166. The van der Waals surface area contributed by atoms with E-state index in [0.717, 1.165) is 17.1 Å². The Balaban J connectivity index is 1.66. The Morgan fingerprint density at radius 1 is 1.30 bits per heavy atom. The maximum atomic E-state index is 13.0. The van der Waals surface area contributed by atoms with Crippen molar-refractivity contribution >= 4 is 57.5 Å². The number of benzene rings is 1. The maximum absolute atomic E-state index is 13.0. The van der Waals surface area contributed by atoms with E-state index in [2.05, 4.69) is 15.6 Å². The highest BCUT2D eigenvalue weighted by Crippen LogP contribution is 2.33. The fourth-order valence-corrected chi connectivity index (χ4v) is 4.35. The lowest BCUT2D eigenvalue weighted by atomic mass is 10.2. The average Bonchev–Trinajstić information content (AvgIpc) is 3.42. The molecule has 160 valence electrons. The maximum Gasteiger partial charge on any atom is 0.328 e. The highest BCUT2D eigenvalue weighted by Gasteiger charge is 2.28. The van der Waals surface area contributed by atoms with Crippen molar-refractivity contribution in [2.75, 3.05) is 34.4 Å². The van der Waals surface area contributed by atoms with Gasteiger partial charge in [-0.15, -0.1) is 11.8 Å². The quantitative estimate of drug-likeness (QED) is 0.440. The van der Waals surface area contributed by atoms with Gasteiger partial charge in [0.05, 0.1) is 22.8 Å². The Morgan fingerprint density at radius 3 is 2.80 bits per heavy atom. The molecule has 0 aliphatic heterocycles. The molecule has 3 rings (SSSR count). The van der Waals surface area contributed by atoms with Crippen LogP contribution in [0.4, 0.5) is 21.3 Å². The zero-order chi connectivity index (χ0) is 21.5. The van der Waals surface area contributed by atoms with Gasteiger partial charge in [-0.1, -0.05) is 17.4 Å². The zero-order valence-electron chi connectivity index (χ0n) is 16.8. The minimum Gasteiger partial charge on any atom is -0.465 e. The third-order valence-electron chi connectivity index (χ3n) is 4.20. The lowest BCUT2D eigenvalue weighted by Crippen LogP contribution is -2.36. The summed E-state index contributed by atoms with van der Waals surface area (Å²) < 4.78 is 5.73. The molecule has 1 aromatic heterocycles. The van der Waals surface area contributed by atoms with Crippen LogP contribution in [0.2, 0.25) is 0 Å². The second-order valence-electron chi connectivity index (χ2n) is 6.79. The van der Waals surface area contributed by atoms with E-state index in [-0.39, 0.29) is 23.7 Å². The molecule has 1 aliphatic rings. The molecule has 3 amide bonds. The third-order valence-corrected chi connectivity index (χ3v) is 6.28. The van der Waals surface area contributed by atoms with Gasteiger partial charge in [0.1, 0.15) is 0 Å². The molecule has 10 heteroatoms. The van der Waals surface area contributed by atoms with Gasteiger partial charge in [-0.2, -0.15) is 0 Å². The van der Waals surface area contributed by atoms with E-state index in [1.54, 1.807) is 36.2 Å². The van der Waals surface area contributed by atoms with E-state index in [4.69, 9.17) is 4.74 Å². The molecular weight excluding hydrogens is 424 g/mol. The number of thiazole rings is 1. The lowest BCUT2D eigenvalue weighted by Gasteiger charge is -2.23. The zero-order valence-corrected chi connectivity index (χ0v) is 18.5. The van der Waals surface area contributed by atoms with Crippen LogP contribution in [0, 0.1) is 5.92 Å². The molecule has 0 unspecified atom stereocenters. The van der Waals surface area contributed by atoms with Crippen LogP contribution < -0.4 is 15.5 Å². The van der Waals surface area contributed by atoms with Gasteiger partial charge in [0, 0.05) is 24.8 Å². The fourth-order valence-electron chi connectivity index (χ4n) is 2.69. The van der Waals surface area contributed by atoms with Gasteiger partial charge in [-0.25, -0.2) is 9.78 Å². The smallest absolute Gasteiger partial charge is 0.328 e. The first-order valence-corrected chi connectivity index (χ1v) is 11.4. The van der Waals surface area contributed by atoms with Crippen LogP contribution in [0.5, 0.6) is 0 Å². The van der Waals surface area contributed by atoms with Crippen molar-refractivity contribution in [2.45, 2.75) is 30.9 Å². The lowest BCUT2D eigenvalue weighted by molar-refractivity contribution is -0.139. The van der Waals surface area contributed by atoms with Gasteiger partial charge in [-0.05, 0) is 43.9 Å². The number of nitrogens with one attached hydrogen (secondary N) is 2. The second kappa shape index (κ2) is 10.4. The molecule has 2 aromatic rings. The van der Waals surface area contributed by atoms with Crippen molar-refractivity contribution in [1.82, 2.24) is 4.98 Å². The van der Waals surface area contributed by atoms with E-state index < -0.39 is 0 Å². The predicted molar refractivity (Wildman–Crippen MR) is 119 cm³/mol. The van der Waals surface area contributed by atoms with Crippen molar-refractivity contribution in [1.29, 1.82) is 0 Å². The van der Waals surface area contributed by atoms with Crippen LogP contribution in [0.15, 0.2) is 34.7 Å². The molecule has 1 fully saturated rings. The van der Waals surface area contributed by atoms with Crippen LogP contribution >= 0.6 is 23.1 Å². The average molecular weight is 449 g/mol. The number of carbonyl (C=O) groups excluding carboxylic acids is 3. The normalized spacial score (nSPS) is 12.9. The minimum atomic E-state index is -0.281. The third kappa shape index (κ3) is 6.74. The number of thioether (sulfide) groups is 1. The molecule has 1 saturated carbocycles. The first-order valence-electron chi connectivity index (χ1n) is 9.65. The Morgan fingerprint density at radius 2 is 2.10 bits per heavy atom. The molecule has 0 radical (unpaired) electrons. The number of urea groups is 1. The summed E-state index contributed by atoms with van der Waals surface area (Å²) in [5, 5.41) is 6.05. The first kappa shape index (κ1) is 22.1. The molecule has 0 bridgehead atoms. The predicted octanol–water partition coefficient (Wildman–Crippen LogP) is 4.21. The van der Waals surface area contributed by atoms with E-state index >= 15 is 0 Å². The van der Waals surface area contributed by atoms with Gasteiger partial charge < -0.3 is 10.1 Å². The summed E-state index contributed by atoms with van der Waals surface area (Å²) >= 11 is 2.63. The van der Waals surface area contributed by atoms with Crippen molar-refractivity contribution in [3.63, 3.8) is 0 Å². The Bertz CT molecular complexity index is 914. The summed E-state index contributed by atoms with van der Waals surface area (Å²) in [5.74, 6) is 0.233. The number of amides is 3. The summed E-state index contributed by atoms with van der Waals surface area (Å²) in [6.45, 7) is 4.16. The number of aromatic nitrogens is 1. The van der Waals surface area contributed by atoms with Crippen LogP contribution in [-0.4, -0.2) is 41.8 Å². The van der Waals surface area contributed by atoms with E-state index in [0.29, 0.717) is 35.6 Å². The van der Waals surface area contributed by atoms with E-state index in [1.807, 2.05) is 6.07 Å². The van der Waals surface area contributed by atoms with Gasteiger partial charge in [-0.3, -0.25) is 19.8 Å². The monoisotopic (exact) mass is 448 g/mol. The number of carbonyl (C=O) groups is 3. The molecule has 0 spiro atoms. The summed E-state index contributed by atoms with van der Waals surface area (Å²) in [5.41, 5.74) is 1.35.